The normalized spacial score (nSPS) is 16.7. The Morgan fingerprint density at radius 2 is 1.83 bits per heavy atom. The van der Waals surface area contributed by atoms with Crippen LogP contribution in [0.15, 0.2) is 34.0 Å². The van der Waals surface area contributed by atoms with Crippen molar-refractivity contribution in [2.45, 2.75) is 43.6 Å². The van der Waals surface area contributed by atoms with Crippen molar-refractivity contribution in [3.63, 3.8) is 0 Å². The molecule has 1 atom stereocenters. The van der Waals surface area contributed by atoms with Crippen molar-refractivity contribution in [3.8, 4) is 0 Å². The first-order chi connectivity index (χ1) is 11.2. The van der Waals surface area contributed by atoms with Crippen LogP contribution >= 0.6 is 0 Å². The van der Waals surface area contributed by atoms with Crippen LogP contribution in [0, 0.1) is 0 Å². The fraction of sp³-hybridized carbons (Fsp3) is 0.353. The van der Waals surface area contributed by atoms with Crippen molar-refractivity contribution in [3.05, 3.63) is 46.7 Å². The molecule has 0 spiro atoms. The molecule has 1 heterocycles. The molecule has 6 heteroatoms. The summed E-state index contributed by atoms with van der Waals surface area (Å²) in [6.45, 7) is 0. The molecule has 1 aromatic carbocycles. The van der Waals surface area contributed by atoms with E-state index in [9.17, 15) is 9.35 Å². The second-order valence-electron chi connectivity index (χ2n) is 5.99. The third kappa shape index (κ3) is 2.72. The molecule has 0 bridgehead atoms. The predicted molar refractivity (Wildman–Crippen MR) is 87.8 cm³/mol. The number of hydrogen-bond acceptors (Lipinski definition) is 3. The highest BCUT2D eigenvalue weighted by Crippen LogP contribution is 2.38. The summed E-state index contributed by atoms with van der Waals surface area (Å²) in [5.74, 6) is 0. The summed E-state index contributed by atoms with van der Waals surface area (Å²) in [6, 6.07) is 5.08. The zero-order chi connectivity index (χ0) is 15.8. The average molecular weight is 330 g/mol. The number of nitrogens with one attached hydrogen (secondary N) is 2. The van der Waals surface area contributed by atoms with Crippen LogP contribution in [0.4, 0.5) is 10.5 Å². The van der Waals surface area contributed by atoms with Crippen LogP contribution in [0.3, 0.4) is 0 Å². The van der Waals surface area contributed by atoms with Crippen LogP contribution in [-0.2, 0) is 37.0 Å². The van der Waals surface area contributed by atoms with Crippen molar-refractivity contribution in [1.29, 1.82) is 0 Å². The number of amides is 2. The summed E-state index contributed by atoms with van der Waals surface area (Å²) in [7, 11) is 0. The summed E-state index contributed by atoms with van der Waals surface area (Å²) in [4.78, 5) is 12.3. The topological polar surface area (TPSA) is 77.3 Å². The van der Waals surface area contributed by atoms with E-state index >= 15 is 0 Å². The van der Waals surface area contributed by atoms with Gasteiger partial charge in [0.15, 0.2) is 0 Å². The number of anilines is 1. The number of carbonyl (C=O) groups excluding carboxylic acids is 1. The number of urea groups is 1. The number of furan rings is 1. The van der Waals surface area contributed by atoms with Crippen molar-refractivity contribution in [1.82, 2.24) is 4.72 Å². The second-order valence-corrected chi connectivity index (χ2v) is 7.13. The predicted octanol–water partition coefficient (Wildman–Crippen LogP) is 3.10. The lowest BCUT2D eigenvalue weighted by Gasteiger charge is -2.16. The standard InChI is InChI=1S/C17H18N2O3S/c20-17(19-23(21)15-8-3-9-22-15)18-16-13-6-1-4-11(13)10-12-5-2-7-14(12)16/h3,8-10H,1-2,4-7H2,(H2,18,19,20). The van der Waals surface area contributed by atoms with E-state index < -0.39 is 17.4 Å². The Morgan fingerprint density at radius 3 is 2.43 bits per heavy atom. The minimum atomic E-state index is -1.68. The summed E-state index contributed by atoms with van der Waals surface area (Å²) in [5.41, 5.74) is 6.16. The third-order valence-corrected chi connectivity index (χ3v) is 5.54. The highest BCUT2D eigenvalue weighted by atomic mass is 32.2. The molecular weight excluding hydrogens is 312 g/mol. The van der Waals surface area contributed by atoms with E-state index in [4.69, 9.17) is 4.42 Å². The molecule has 1 aromatic heterocycles. The van der Waals surface area contributed by atoms with Crippen molar-refractivity contribution in [2.24, 2.45) is 0 Å². The van der Waals surface area contributed by atoms with Crippen molar-refractivity contribution >= 4 is 23.1 Å². The first-order valence-corrected chi connectivity index (χ1v) is 9.07. The van der Waals surface area contributed by atoms with Crippen LogP contribution in [0.1, 0.15) is 35.1 Å². The van der Waals surface area contributed by atoms with E-state index in [1.807, 2.05) is 0 Å². The molecule has 5 nitrogen and oxygen atoms in total. The van der Waals surface area contributed by atoms with Gasteiger partial charge >= 0.3 is 11.1 Å². The van der Waals surface area contributed by atoms with Gasteiger partial charge in [0, 0.05) is 11.8 Å². The van der Waals surface area contributed by atoms with Crippen molar-refractivity contribution < 1.29 is 13.8 Å². The van der Waals surface area contributed by atoms with E-state index in [0.717, 1.165) is 44.2 Å². The van der Waals surface area contributed by atoms with Gasteiger partial charge in [0.2, 0.25) is 0 Å². The number of aryl methyl sites for hydroxylation is 2. The Labute approximate surface area is 137 Å². The fourth-order valence-corrected chi connectivity index (χ4v) is 4.27. The van der Waals surface area contributed by atoms with Crippen LogP contribution in [-0.4, -0.2) is 10.6 Å². The smallest absolute Gasteiger partial charge is 0.361 e. The lowest BCUT2D eigenvalue weighted by molar-refractivity contribution is 0.256. The van der Waals surface area contributed by atoms with Gasteiger partial charge in [-0.2, -0.15) is 0 Å². The quantitative estimate of drug-likeness (QED) is 0.849. The highest BCUT2D eigenvalue weighted by Gasteiger charge is 2.26. The molecule has 4 rings (SSSR count). The number of benzene rings is 1. The maximum atomic E-state index is 12.3. The van der Waals surface area contributed by atoms with Gasteiger partial charge < -0.3 is 14.3 Å². The van der Waals surface area contributed by atoms with Gasteiger partial charge in [-0.3, -0.25) is 0 Å². The summed E-state index contributed by atoms with van der Waals surface area (Å²) < 4.78 is 19.5. The Bertz CT molecular complexity index is 711. The molecule has 2 aromatic rings. The van der Waals surface area contributed by atoms with Gasteiger partial charge in [0.05, 0.1) is 6.26 Å². The lowest BCUT2D eigenvalue weighted by atomic mass is 9.99. The molecule has 2 amide bonds. The molecule has 23 heavy (non-hydrogen) atoms. The third-order valence-electron chi connectivity index (χ3n) is 4.57. The van der Waals surface area contributed by atoms with Gasteiger partial charge in [0.1, 0.15) is 11.4 Å². The SMILES string of the molecule is O=C(Nc1c2c(cc3c1CCC3)CCC2)N[S+]([O-])c1ccco1. The number of carbonyl (C=O) groups is 1. The second kappa shape index (κ2) is 5.94. The monoisotopic (exact) mass is 330 g/mol. The number of hydrogen-bond donors (Lipinski definition) is 2. The summed E-state index contributed by atoms with van der Waals surface area (Å²) >= 11 is -1.68. The zero-order valence-electron chi connectivity index (χ0n) is 12.7. The Morgan fingerprint density at radius 1 is 1.13 bits per heavy atom. The minimum absolute atomic E-state index is 0.240. The number of rotatable bonds is 3. The summed E-state index contributed by atoms with van der Waals surface area (Å²) in [6.07, 6.45) is 7.86. The minimum Gasteiger partial charge on any atom is -0.585 e. The van der Waals surface area contributed by atoms with Gasteiger partial charge in [0.25, 0.3) is 0 Å². The van der Waals surface area contributed by atoms with Crippen LogP contribution in [0.25, 0.3) is 0 Å². The molecule has 0 aliphatic heterocycles. The highest BCUT2D eigenvalue weighted by molar-refractivity contribution is 7.89. The lowest BCUT2D eigenvalue weighted by Crippen LogP contribution is -2.34. The Kier molecular flexibility index (Phi) is 3.79. The van der Waals surface area contributed by atoms with Crippen LogP contribution < -0.4 is 10.0 Å². The van der Waals surface area contributed by atoms with Crippen molar-refractivity contribution in [2.75, 3.05) is 5.32 Å². The van der Waals surface area contributed by atoms with Crippen LogP contribution in [0.5, 0.6) is 0 Å². The Balaban J connectivity index is 1.56. The molecular formula is C17H18N2O3S. The Hall–Kier alpha value is -1.92. The molecule has 2 aliphatic rings. The molecule has 0 radical (unpaired) electrons. The van der Waals surface area contributed by atoms with Gasteiger partial charge in [-0.1, -0.05) is 6.07 Å². The number of fused-ring (bicyclic) bond motifs is 2. The molecule has 1 unspecified atom stereocenters. The van der Waals surface area contributed by atoms with E-state index in [-0.39, 0.29) is 5.09 Å². The molecule has 2 N–H and O–H groups in total. The largest absolute Gasteiger partial charge is 0.585 e. The maximum Gasteiger partial charge on any atom is 0.361 e. The first-order valence-electron chi connectivity index (χ1n) is 7.92. The van der Waals surface area contributed by atoms with Gasteiger partial charge in [-0.25, -0.2) is 4.79 Å². The average Bonchev–Trinajstić information content (AvgIpc) is 3.27. The first kappa shape index (κ1) is 14.7. The van der Waals surface area contributed by atoms with Gasteiger partial charge in [-0.15, -0.1) is 4.72 Å². The summed E-state index contributed by atoms with van der Waals surface area (Å²) in [5, 5.41) is 3.19. The molecule has 0 fully saturated rings. The van der Waals surface area contributed by atoms with E-state index in [2.05, 4.69) is 16.1 Å². The maximum absolute atomic E-state index is 12.3. The molecule has 120 valence electrons. The van der Waals surface area contributed by atoms with Gasteiger partial charge in [-0.05, 0) is 66.8 Å². The molecule has 0 saturated heterocycles. The van der Waals surface area contributed by atoms with E-state index in [1.165, 1.54) is 28.5 Å². The van der Waals surface area contributed by atoms with E-state index in [1.54, 1.807) is 12.1 Å². The zero-order valence-corrected chi connectivity index (χ0v) is 13.5. The fourth-order valence-electron chi connectivity index (χ4n) is 3.61. The molecule has 0 saturated carbocycles. The van der Waals surface area contributed by atoms with Crippen LogP contribution in [0.2, 0.25) is 0 Å². The molecule has 2 aliphatic carbocycles. The van der Waals surface area contributed by atoms with E-state index in [0.29, 0.717) is 0 Å².